The Balaban J connectivity index is 1.82. The predicted molar refractivity (Wildman–Crippen MR) is 107 cm³/mol. The van der Waals surface area contributed by atoms with E-state index in [0.29, 0.717) is 28.8 Å². The number of para-hydroxylation sites is 1. The Morgan fingerprint density at radius 1 is 1.15 bits per heavy atom. The summed E-state index contributed by atoms with van der Waals surface area (Å²) in [5.74, 6) is 0.848. The van der Waals surface area contributed by atoms with E-state index in [1.165, 1.54) is 13.4 Å². The first-order chi connectivity index (χ1) is 13.1. The van der Waals surface area contributed by atoms with Gasteiger partial charge in [-0.3, -0.25) is 4.79 Å². The molecule has 2 aromatic carbocycles. The number of hydrogen-bond acceptors (Lipinski definition) is 5. The number of amides is 1. The van der Waals surface area contributed by atoms with Gasteiger partial charge in [0.2, 0.25) is 0 Å². The van der Waals surface area contributed by atoms with Crippen LogP contribution >= 0.6 is 11.6 Å². The summed E-state index contributed by atoms with van der Waals surface area (Å²) in [7, 11) is 1.54. The zero-order valence-corrected chi connectivity index (χ0v) is 15.8. The second-order valence-electron chi connectivity index (χ2n) is 5.64. The van der Waals surface area contributed by atoms with Crippen LogP contribution in [0.2, 0.25) is 5.02 Å². The van der Waals surface area contributed by atoms with Gasteiger partial charge in [-0.2, -0.15) is 0 Å². The third-order valence-electron chi connectivity index (χ3n) is 3.96. The van der Waals surface area contributed by atoms with Crippen LogP contribution in [0.25, 0.3) is 0 Å². The molecule has 0 saturated carbocycles. The van der Waals surface area contributed by atoms with Gasteiger partial charge in [-0.15, -0.1) is 0 Å². The summed E-state index contributed by atoms with van der Waals surface area (Å²) in [4.78, 5) is 23.0. The number of benzene rings is 2. The number of anilines is 3. The molecule has 0 spiro atoms. The molecule has 0 atom stereocenters. The normalized spacial score (nSPS) is 10.3. The van der Waals surface area contributed by atoms with Crippen molar-refractivity contribution >= 4 is 34.7 Å². The molecule has 3 rings (SSSR count). The van der Waals surface area contributed by atoms with Crippen LogP contribution in [0.5, 0.6) is 5.75 Å². The number of rotatable bonds is 6. The van der Waals surface area contributed by atoms with Gasteiger partial charge in [-0.1, -0.05) is 29.8 Å². The maximum absolute atomic E-state index is 12.6. The maximum Gasteiger partial charge on any atom is 0.274 e. The molecule has 138 valence electrons. The van der Waals surface area contributed by atoms with E-state index in [1.54, 1.807) is 24.3 Å². The number of aromatic nitrogens is 2. The Kier molecular flexibility index (Phi) is 5.88. The van der Waals surface area contributed by atoms with Gasteiger partial charge in [-0.05, 0) is 37.3 Å². The van der Waals surface area contributed by atoms with Crippen LogP contribution in [0.3, 0.4) is 0 Å². The number of carbonyl (C=O) groups is 1. The summed E-state index contributed by atoms with van der Waals surface area (Å²) in [6, 6.07) is 16.6. The van der Waals surface area contributed by atoms with Crippen LogP contribution in [-0.4, -0.2) is 29.5 Å². The summed E-state index contributed by atoms with van der Waals surface area (Å²) < 4.78 is 5.12. The molecular formula is C20H19ClN4O2. The molecule has 0 saturated heterocycles. The lowest BCUT2D eigenvalue weighted by Gasteiger charge is -2.22. The highest BCUT2D eigenvalue weighted by atomic mass is 35.5. The molecule has 6 nitrogen and oxygen atoms in total. The van der Waals surface area contributed by atoms with Crippen molar-refractivity contribution in [3.05, 3.63) is 71.6 Å². The van der Waals surface area contributed by atoms with Gasteiger partial charge in [0.15, 0.2) is 0 Å². The lowest BCUT2D eigenvalue weighted by atomic mass is 10.2. The quantitative estimate of drug-likeness (QED) is 0.677. The van der Waals surface area contributed by atoms with Gasteiger partial charge in [-0.25, -0.2) is 9.97 Å². The first-order valence-electron chi connectivity index (χ1n) is 8.42. The minimum Gasteiger partial charge on any atom is -0.495 e. The number of methoxy groups -OCH3 is 1. The molecule has 0 bridgehead atoms. The Morgan fingerprint density at radius 3 is 2.59 bits per heavy atom. The third-order valence-corrected chi connectivity index (χ3v) is 4.25. The monoisotopic (exact) mass is 382 g/mol. The van der Waals surface area contributed by atoms with Gasteiger partial charge in [0.25, 0.3) is 5.91 Å². The number of ether oxygens (including phenoxy) is 1. The summed E-state index contributed by atoms with van der Waals surface area (Å²) >= 11 is 6.10. The van der Waals surface area contributed by atoms with Gasteiger partial charge in [0.1, 0.15) is 23.6 Å². The van der Waals surface area contributed by atoms with E-state index in [-0.39, 0.29) is 11.6 Å². The molecule has 0 fully saturated rings. The van der Waals surface area contributed by atoms with E-state index < -0.39 is 0 Å². The number of carbonyl (C=O) groups excluding carboxylic acids is 1. The summed E-state index contributed by atoms with van der Waals surface area (Å²) in [5, 5.41) is 3.20. The predicted octanol–water partition coefficient (Wildman–Crippen LogP) is 4.55. The average molecular weight is 383 g/mol. The van der Waals surface area contributed by atoms with Crippen LogP contribution in [-0.2, 0) is 0 Å². The van der Waals surface area contributed by atoms with Crippen LogP contribution in [0, 0.1) is 0 Å². The fourth-order valence-electron chi connectivity index (χ4n) is 2.64. The molecule has 7 heteroatoms. The SMILES string of the molecule is CCN(c1ccccc1)c1cc(C(=O)Nc2ccc(OC)c(Cl)c2)ncn1. The molecule has 0 aliphatic rings. The van der Waals surface area contributed by atoms with Crippen molar-refractivity contribution < 1.29 is 9.53 Å². The zero-order valence-electron chi connectivity index (χ0n) is 15.0. The van der Waals surface area contributed by atoms with Crippen LogP contribution in [0.15, 0.2) is 60.9 Å². The number of halogens is 1. The molecule has 1 heterocycles. The molecule has 0 aliphatic carbocycles. The minimum atomic E-state index is -0.344. The number of nitrogens with one attached hydrogen (secondary N) is 1. The van der Waals surface area contributed by atoms with Gasteiger partial charge in [0.05, 0.1) is 12.1 Å². The molecule has 27 heavy (non-hydrogen) atoms. The standard InChI is InChI=1S/C20H19ClN4O2/c1-3-25(15-7-5-4-6-8-15)19-12-17(22-13-23-19)20(26)24-14-9-10-18(27-2)16(21)11-14/h4-13H,3H2,1-2H3,(H,24,26). The first-order valence-corrected chi connectivity index (χ1v) is 8.79. The topological polar surface area (TPSA) is 67.4 Å². The first kappa shape index (κ1) is 18.7. The van der Waals surface area contributed by atoms with E-state index in [4.69, 9.17) is 16.3 Å². The lowest BCUT2D eigenvalue weighted by Crippen LogP contribution is -2.20. The van der Waals surface area contributed by atoms with Crippen molar-refractivity contribution in [3.8, 4) is 5.75 Å². The number of hydrogen-bond donors (Lipinski definition) is 1. The van der Waals surface area contributed by atoms with Crippen molar-refractivity contribution in [2.24, 2.45) is 0 Å². The molecule has 1 aromatic heterocycles. The largest absolute Gasteiger partial charge is 0.495 e. The van der Waals surface area contributed by atoms with Gasteiger partial charge >= 0.3 is 0 Å². The van der Waals surface area contributed by atoms with Crippen molar-refractivity contribution in [3.63, 3.8) is 0 Å². The molecule has 0 aliphatic heterocycles. The second-order valence-corrected chi connectivity index (χ2v) is 6.05. The van der Waals surface area contributed by atoms with Crippen molar-refractivity contribution in [1.29, 1.82) is 0 Å². The van der Waals surface area contributed by atoms with Crippen LogP contribution in [0.1, 0.15) is 17.4 Å². The van der Waals surface area contributed by atoms with E-state index in [2.05, 4.69) is 15.3 Å². The van der Waals surface area contributed by atoms with E-state index in [0.717, 1.165) is 5.69 Å². The van der Waals surface area contributed by atoms with E-state index in [1.807, 2.05) is 42.2 Å². The van der Waals surface area contributed by atoms with E-state index in [9.17, 15) is 4.79 Å². The molecule has 0 unspecified atom stereocenters. The average Bonchev–Trinajstić information content (AvgIpc) is 2.70. The Labute approximate surface area is 162 Å². The summed E-state index contributed by atoms with van der Waals surface area (Å²) in [5.41, 5.74) is 1.81. The van der Waals surface area contributed by atoms with Gasteiger partial charge in [0, 0.05) is 24.0 Å². The maximum atomic E-state index is 12.6. The smallest absolute Gasteiger partial charge is 0.274 e. The van der Waals surface area contributed by atoms with Crippen LogP contribution < -0.4 is 15.0 Å². The summed E-state index contributed by atoms with van der Waals surface area (Å²) in [6.07, 6.45) is 1.39. The molecule has 1 N–H and O–H groups in total. The Bertz CT molecular complexity index is 934. The van der Waals surface area contributed by atoms with Crippen LogP contribution in [0.4, 0.5) is 17.2 Å². The van der Waals surface area contributed by atoms with Crippen molar-refractivity contribution in [2.45, 2.75) is 6.92 Å². The zero-order chi connectivity index (χ0) is 19.2. The fourth-order valence-corrected chi connectivity index (χ4v) is 2.90. The minimum absolute atomic E-state index is 0.265. The highest BCUT2D eigenvalue weighted by molar-refractivity contribution is 6.32. The second kappa shape index (κ2) is 8.51. The molecule has 0 radical (unpaired) electrons. The van der Waals surface area contributed by atoms with Crippen molar-refractivity contribution in [1.82, 2.24) is 9.97 Å². The highest BCUT2D eigenvalue weighted by Crippen LogP contribution is 2.28. The molecular weight excluding hydrogens is 364 g/mol. The third kappa shape index (κ3) is 4.35. The lowest BCUT2D eigenvalue weighted by molar-refractivity contribution is 0.102. The molecule has 1 amide bonds. The Hall–Kier alpha value is -3.12. The fraction of sp³-hybridized carbons (Fsp3) is 0.150. The Morgan fingerprint density at radius 2 is 1.93 bits per heavy atom. The van der Waals surface area contributed by atoms with Crippen molar-refractivity contribution in [2.75, 3.05) is 23.9 Å². The van der Waals surface area contributed by atoms with E-state index >= 15 is 0 Å². The highest BCUT2D eigenvalue weighted by Gasteiger charge is 2.14. The number of nitrogens with zero attached hydrogens (tertiary/aromatic N) is 3. The molecule has 3 aromatic rings. The van der Waals surface area contributed by atoms with Gasteiger partial charge < -0.3 is 15.0 Å². The summed E-state index contributed by atoms with van der Waals surface area (Å²) in [6.45, 7) is 2.73.